The van der Waals surface area contributed by atoms with Gasteiger partial charge in [0.1, 0.15) is 0 Å². The maximum Gasteiger partial charge on any atom is 0.327 e. The van der Waals surface area contributed by atoms with Crippen molar-refractivity contribution in [3.8, 4) is 0 Å². The Kier molecular flexibility index (Phi) is 8.06. The summed E-state index contributed by atoms with van der Waals surface area (Å²) in [5.41, 5.74) is 7.21. The summed E-state index contributed by atoms with van der Waals surface area (Å²) in [5.74, 6) is -2.16. The summed E-state index contributed by atoms with van der Waals surface area (Å²) in [5, 5.41) is 6.22. The number of rotatable bonds is 6. The summed E-state index contributed by atoms with van der Waals surface area (Å²) in [6, 6.07) is 12.0. The Morgan fingerprint density at radius 3 is 2.31 bits per heavy atom. The molecule has 2 rings (SSSR count). The van der Waals surface area contributed by atoms with Gasteiger partial charge in [-0.05, 0) is 49.2 Å². The quantitative estimate of drug-likeness (QED) is 0.318. The molecule has 29 heavy (non-hydrogen) atoms. The van der Waals surface area contributed by atoms with E-state index in [1.807, 2.05) is 6.92 Å². The van der Waals surface area contributed by atoms with Crippen LogP contribution in [-0.2, 0) is 20.9 Å². The third kappa shape index (κ3) is 7.48. The molecule has 0 saturated heterocycles. The van der Waals surface area contributed by atoms with E-state index in [0.717, 1.165) is 11.1 Å². The van der Waals surface area contributed by atoms with E-state index in [4.69, 9.17) is 23.2 Å². The Hall–Kier alpha value is -3.03. The van der Waals surface area contributed by atoms with Gasteiger partial charge in [-0.3, -0.25) is 19.8 Å². The molecule has 0 bridgehead atoms. The standard InChI is InChI=1S/C20H20Cl2N4O3/c1-12-3-8-16(10-17(12)22)24-19(28)20(29)26-25-13(2)9-18(27)23-11-14-4-6-15(21)7-5-14/h3-10,25H,11H2,1-2H3,(H,23,27)(H,24,28)(H,26,29). The van der Waals surface area contributed by atoms with Crippen LogP contribution in [0.15, 0.2) is 54.2 Å². The van der Waals surface area contributed by atoms with E-state index >= 15 is 0 Å². The zero-order chi connectivity index (χ0) is 21.4. The molecule has 0 atom stereocenters. The number of nitrogens with one attached hydrogen (secondary N) is 4. The Balaban J connectivity index is 1.78. The number of hydrogen-bond donors (Lipinski definition) is 4. The van der Waals surface area contributed by atoms with Gasteiger partial charge in [0, 0.05) is 34.1 Å². The van der Waals surface area contributed by atoms with Crippen LogP contribution in [0, 0.1) is 6.92 Å². The minimum atomic E-state index is -0.920. The first-order valence-electron chi connectivity index (χ1n) is 8.58. The lowest BCUT2D eigenvalue weighted by atomic mass is 10.2. The molecule has 0 spiro atoms. The second kappa shape index (κ2) is 10.5. The van der Waals surface area contributed by atoms with Crippen LogP contribution in [-0.4, -0.2) is 17.7 Å². The Bertz CT molecular complexity index is 943. The van der Waals surface area contributed by atoms with E-state index in [0.29, 0.717) is 28.0 Å². The fourth-order valence-electron chi connectivity index (χ4n) is 2.15. The predicted molar refractivity (Wildman–Crippen MR) is 113 cm³/mol. The van der Waals surface area contributed by atoms with Crippen molar-refractivity contribution in [2.45, 2.75) is 20.4 Å². The van der Waals surface area contributed by atoms with Crippen molar-refractivity contribution in [1.29, 1.82) is 0 Å². The van der Waals surface area contributed by atoms with E-state index in [2.05, 4.69) is 21.5 Å². The van der Waals surface area contributed by atoms with E-state index in [-0.39, 0.29) is 5.91 Å². The highest BCUT2D eigenvalue weighted by atomic mass is 35.5. The Labute approximate surface area is 178 Å². The van der Waals surface area contributed by atoms with Gasteiger partial charge in [0.25, 0.3) is 0 Å². The average molecular weight is 435 g/mol. The number of amides is 3. The highest BCUT2D eigenvalue weighted by Gasteiger charge is 2.14. The average Bonchev–Trinajstić information content (AvgIpc) is 2.68. The first kappa shape index (κ1) is 22.3. The number of hydrazine groups is 1. The molecular formula is C20H20Cl2N4O3. The van der Waals surface area contributed by atoms with Crippen LogP contribution in [0.4, 0.5) is 5.69 Å². The molecule has 0 aliphatic heterocycles. The van der Waals surface area contributed by atoms with Crippen molar-refractivity contribution in [3.63, 3.8) is 0 Å². The number of carbonyl (C=O) groups excluding carboxylic acids is 3. The SMILES string of the molecule is CC(=CC(=O)NCc1ccc(Cl)cc1)NNC(=O)C(=O)Nc1ccc(C)c(Cl)c1. The summed E-state index contributed by atoms with van der Waals surface area (Å²) in [6.45, 7) is 3.72. The Morgan fingerprint density at radius 1 is 0.966 bits per heavy atom. The number of aryl methyl sites for hydroxylation is 1. The summed E-state index contributed by atoms with van der Waals surface area (Å²) >= 11 is 11.8. The maximum absolute atomic E-state index is 11.9. The third-order valence-electron chi connectivity index (χ3n) is 3.74. The lowest BCUT2D eigenvalue weighted by Crippen LogP contribution is -2.43. The molecule has 2 aromatic carbocycles. The number of halogens is 2. The van der Waals surface area contributed by atoms with Crippen molar-refractivity contribution in [1.82, 2.24) is 16.2 Å². The molecule has 0 aromatic heterocycles. The highest BCUT2D eigenvalue weighted by molar-refractivity contribution is 6.39. The molecule has 0 radical (unpaired) electrons. The normalized spacial score (nSPS) is 10.8. The van der Waals surface area contributed by atoms with Gasteiger partial charge in [0.05, 0.1) is 0 Å². The number of anilines is 1. The molecule has 0 aliphatic rings. The van der Waals surface area contributed by atoms with E-state index in [1.165, 1.54) is 6.08 Å². The van der Waals surface area contributed by atoms with Gasteiger partial charge < -0.3 is 16.1 Å². The van der Waals surface area contributed by atoms with E-state index in [1.54, 1.807) is 49.4 Å². The number of allylic oxidation sites excluding steroid dienone is 1. The lowest BCUT2D eigenvalue weighted by molar-refractivity contribution is -0.136. The van der Waals surface area contributed by atoms with Gasteiger partial charge in [0.15, 0.2) is 0 Å². The van der Waals surface area contributed by atoms with Gasteiger partial charge in [-0.1, -0.05) is 41.4 Å². The number of benzene rings is 2. The monoisotopic (exact) mass is 434 g/mol. The first-order valence-corrected chi connectivity index (χ1v) is 9.34. The van der Waals surface area contributed by atoms with Crippen molar-refractivity contribution < 1.29 is 14.4 Å². The molecule has 7 nitrogen and oxygen atoms in total. The summed E-state index contributed by atoms with van der Waals surface area (Å²) in [6.07, 6.45) is 1.26. The van der Waals surface area contributed by atoms with Crippen molar-refractivity contribution in [2.24, 2.45) is 0 Å². The summed E-state index contributed by atoms with van der Waals surface area (Å²) < 4.78 is 0. The van der Waals surface area contributed by atoms with Crippen LogP contribution in [0.1, 0.15) is 18.1 Å². The zero-order valence-corrected chi connectivity index (χ0v) is 17.3. The molecule has 4 N–H and O–H groups in total. The molecule has 3 amide bonds. The molecule has 9 heteroatoms. The number of hydrogen-bond acceptors (Lipinski definition) is 4. The van der Waals surface area contributed by atoms with E-state index in [9.17, 15) is 14.4 Å². The summed E-state index contributed by atoms with van der Waals surface area (Å²) in [7, 11) is 0. The van der Waals surface area contributed by atoms with Crippen LogP contribution in [0.5, 0.6) is 0 Å². The molecule has 152 valence electrons. The fourth-order valence-corrected chi connectivity index (χ4v) is 2.45. The predicted octanol–water partition coefficient (Wildman–Crippen LogP) is 3.08. The van der Waals surface area contributed by atoms with Crippen molar-refractivity contribution in [2.75, 3.05) is 5.32 Å². The molecule has 0 saturated carbocycles. The van der Waals surface area contributed by atoms with Gasteiger partial charge in [-0.2, -0.15) is 0 Å². The fraction of sp³-hybridized carbons (Fsp3) is 0.150. The third-order valence-corrected chi connectivity index (χ3v) is 4.40. The van der Waals surface area contributed by atoms with Gasteiger partial charge in [-0.25, -0.2) is 0 Å². The topological polar surface area (TPSA) is 99.3 Å². The van der Waals surface area contributed by atoms with Gasteiger partial charge >= 0.3 is 11.8 Å². The Morgan fingerprint density at radius 2 is 1.66 bits per heavy atom. The largest absolute Gasteiger partial charge is 0.348 e. The summed E-state index contributed by atoms with van der Waals surface area (Å²) in [4.78, 5) is 35.7. The van der Waals surface area contributed by atoms with Crippen molar-refractivity contribution in [3.05, 3.63) is 75.4 Å². The molecule has 0 unspecified atom stereocenters. The molecule has 2 aromatic rings. The minimum absolute atomic E-state index is 0.327. The van der Waals surface area contributed by atoms with Crippen LogP contribution in [0.3, 0.4) is 0 Å². The second-order valence-corrected chi connectivity index (χ2v) is 7.01. The smallest absolute Gasteiger partial charge is 0.327 e. The van der Waals surface area contributed by atoms with Crippen LogP contribution >= 0.6 is 23.2 Å². The molecule has 0 heterocycles. The van der Waals surface area contributed by atoms with E-state index < -0.39 is 11.8 Å². The van der Waals surface area contributed by atoms with Crippen molar-refractivity contribution >= 4 is 46.6 Å². The van der Waals surface area contributed by atoms with Crippen LogP contribution in [0.25, 0.3) is 0 Å². The van der Waals surface area contributed by atoms with Crippen LogP contribution in [0.2, 0.25) is 10.0 Å². The number of carbonyl (C=O) groups is 3. The molecular weight excluding hydrogens is 415 g/mol. The maximum atomic E-state index is 11.9. The minimum Gasteiger partial charge on any atom is -0.348 e. The highest BCUT2D eigenvalue weighted by Crippen LogP contribution is 2.19. The van der Waals surface area contributed by atoms with Gasteiger partial charge in [0.2, 0.25) is 5.91 Å². The zero-order valence-electron chi connectivity index (χ0n) is 15.8. The van der Waals surface area contributed by atoms with Crippen LogP contribution < -0.4 is 21.5 Å². The molecule has 0 fully saturated rings. The second-order valence-electron chi connectivity index (χ2n) is 6.17. The van der Waals surface area contributed by atoms with Gasteiger partial charge in [-0.15, -0.1) is 0 Å². The first-order chi connectivity index (χ1) is 13.7. The molecule has 0 aliphatic carbocycles. The lowest BCUT2D eigenvalue weighted by Gasteiger charge is -2.10.